The average Bonchev–Trinajstić information content (AvgIpc) is 3.38. The van der Waals surface area contributed by atoms with Crippen LogP contribution in [0.2, 0.25) is 0 Å². The van der Waals surface area contributed by atoms with Gasteiger partial charge in [-0.25, -0.2) is 4.68 Å². The van der Waals surface area contributed by atoms with E-state index in [-0.39, 0.29) is 17.5 Å². The predicted molar refractivity (Wildman–Crippen MR) is 135 cm³/mol. The molecule has 4 rings (SSSR count). The van der Waals surface area contributed by atoms with E-state index >= 15 is 0 Å². The molecule has 7 heteroatoms. The highest BCUT2D eigenvalue weighted by Crippen LogP contribution is 2.29. The van der Waals surface area contributed by atoms with Crippen molar-refractivity contribution in [3.63, 3.8) is 0 Å². The molecular weight excluding hydrogens is 432 g/mol. The minimum atomic E-state index is -0.0923. The van der Waals surface area contributed by atoms with E-state index in [0.717, 1.165) is 41.7 Å². The van der Waals surface area contributed by atoms with Crippen molar-refractivity contribution < 1.29 is 4.79 Å². The van der Waals surface area contributed by atoms with Gasteiger partial charge in [-0.1, -0.05) is 44.2 Å². The Morgan fingerprint density at radius 3 is 2.64 bits per heavy atom. The Morgan fingerprint density at radius 2 is 1.91 bits per heavy atom. The maximum absolute atomic E-state index is 13.1. The van der Waals surface area contributed by atoms with Crippen molar-refractivity contribution in [2.75, 3.05) is 0 Å². The molecule has 0 saturated heterocycles. The zero-order valence-corrected chi connectivity index (χ0v) is 20.5. The van der Waals surface area contributed by atoms with Crippen LogP contribution in [0.4, 0.5) is 0 Å². The maximum atomic E-state index is 13.1. The van der Waals surface area contributed by atoms with E-state index < -0.39 is 0 Å². The number of nitrogens with zero attached hydrogens (tertiary/aromatic N) is 3. The van der Waals surface area contributed by atoms with Crippen LogP contribution in [-0.4, -0.2) is 26.1 Å². The van der Waals surface area contributed by atoms with Crippen molar-refractivity contribution in [1.29, 1.82) is 0 Å². The van der Waals surface area contributed by atoms with Gasteiger partial charge in [0.2, 0.25) is 5.91 Å². The lowest BCUT2D eigenvalue weighted by Crippen LogP contribution is -2.33. The molecule has 0 fully saturated rings. The Hall–Kier alpha value is -2.93. The van der Waals surface area contributed by atoms with Gasteiger partial charge < -0.3 is 5.32 Å². The first-order valence-corrected chi connectivity index (χ1v) is 12.7. The minimum Gasteiger partial charge on any atom is -0.354 e. The number of carbonyl (C=O) groups is 1. The highest BCUT2D eigenvalue weighted by molar-refractivity contribution is 7.19. The lowest BCUT2D eigenvalue weighted by molar-refractivity contribution is -0.121. The number of rotatable bonds is 10. The Labute approximate surface area is 198 Å². The molecular formula is C26H32N4O2S. The maximum Gasteiger partial charge on any atom is 0.291 e. The highest BCUT2D eigenvalue weighted by atomic mass is 32.1. The molecule has 0 bridgehead atoms. The van der Waals surface area contributed by atoms with Gasteiger partial charge >= 0.3 is 0 Å². The molecule has 0 aliphatic rings. The van der Waals surface area contributed by atoms with Crippen molar-refractivity contribution in [2.45, 2.75) is 71.9 Å². The van der Waals surface area contributed by atoms with Gasteiger partial charge in [-0.2, -0.15) is 5.10 Å². The Morgan fingerprint density at radius 1 is 1.12 bits per heavy atom. The topological polar surface area (TPSA) is 68.4 Å². The molecule has 1 N–H and O–H groups in total. The molecule has 33 heavy (non-hydrogen) atoms. The Balaban J connectivity index is 1.37. The van der Waals surface area contributed by atoms with Gasteiger partial charge in [0.15, 0.2) is 0 Å². The molecule has 1 aromatic carbocycles. The highest BCUT2D eigenvalue weighted by Gasteiger charge is 2.16. The summed E-state index contributed by atoms with van der Waals surface area (Å²) in [5.41, 5.74) is 2.93. The van der Waals surface area contributed by atoms with Crippen LogP contribution in [0.3, 0.4) is 0 Å². The number of hydrogen-bond acceptors (Lipinski definition) is 4. The van der Waals surface area contributed by atoms with Crippen LogP contribution in [0.15, 0.2) is 47.3 Å². The SMILES string of the molecule is CCc1cc2c(cc3c(=O)n(CCCC(=O)NC(C)CCc4ccccc4)nc(CC)n32)s1. The van der Waals surface area contributed by atoms with E-state index in [0.29, 0.717) is 24.9 Å². The van der Waals surface area contributed by atoms with E-state index in [9.17, 15) is 9.59 Å². The second-order valence-electron chi connectivity index (χ2n) is 8.58. The fourth-order valence-corrected chi connectivity index (χ4v) is 5.25. The standard InChI is InChI=1S/C26H32N4O2S/c1-4-20-16-21-23(33-20)17-22-26(32)29(28-24(5-2)30(21)22)15-9-12-25(31)27-18(3)13-14-19-10-7-6-8-11-19/h6-8,10-11,16-18H,4-5,9,12-15H2,1-3H3,(H,27,31). The zero-order chi connectivity index (χ0) is 23.4. The number of amides is 1. The molecule has 3 heterocycles. The summed E-state index contributed by atoms with van der Waals surface area (Å²) in [6, 6.07) is 14.6. The quantitative estimate of drug-likeness (QED) is 0.368. The average molecular weight is 465 g/mol. The third kappa shape index (κ3) is 5.19. The first-order chi connectivity index (χ1) is 16.0. The van der Waals surface area contributed by atoms with Crippen LogP contribution < -0.4 is 10.9 Å². The van der Waals surface area contributed by atoms with Crippen molar-refractivity contribution in [3.8, 4) is 0 Å². The van der Waals surface area contributed by atoms with E-state index in [1.165, 1.54) is 15.1 Å². The van der Waals surface area contributed by atoms with Crippen molar-refractivity contribution in [2.24, 2.45) is 0 Å². The largest absolute Gasteiger partial charge is 0.354 e. The summed E-state index contributed by atoms with van der Waals surface area (Å²) in [7, 11) is 0. The Bertz CT molecular complexity index is 1300. The summed E-state index contributed by atoms with van der Waals surface area (Å²) in [5.74, 6) is 0.898. The lowest BCUT2D eigenvalue weighted by atomic mass is 10.1. The van der Waals surface area contributed by atoms with E-state index in [2.05, 4.69) is 42.5 Å². The van der Waals surface area contributed by atoms with Crippen LogP contribution in [-0.2, 0) is 30.6 Å². The van der Waals surface area contributed by atoms with Crippen molar-refractivity contribution in [1.82, 2.24) is 19.5 Å². The first kappa shape index (κ1) is 23.2. The molecule has 0 aliphatic carbocycles. The second kappa shape index (κ2) is 10.3. The van der Waals surface area contributed by atoms with E-state index in [1.807, 2.05) is 35.6 Å². The van der Waals surface area contributed by atoms with Gasteiger partial charge in [0, 0.05) is 30.3 Å². The number of thiophene rings is 1. The molecule has 0 spiro atoms. The van der Waals surface area contributed by atoms with Gasteiger partial charge in [-0.3, -0.25) is 14.0 Å². The number of carbonyl (C=O) groups excluding carboxylic acids is 1. The normalized spacial score (nSPS) is 12.5. The molecule has 3 aromatic heterocycles. The van der Waals surface area contributed by atoms with Gasteiger partial charge in [0.1, 0.15) is 11.3 Å². The monoisotopic (exact) mass is 464 g/mol. The Kier molecular flexibility index (Phi) is 7.28. The van der Waals surface area contributed by atoms with E-state index in [1.54, 1.807) is 11.3 Å². The summed E-state index contributed by atoms with van der Waals surface area (Å²) < 4.78 is 4.66. The molecule has 0 aliphatic heterocycles. The van der Waals surface area contributed by atoms with Gasteiger partial charge in [0.25, 0.3) is 5.56 Å². The minimum absolute atomic E-state index is 0.0238. The number of fused-ring (bicyclic) bond motifs is 3. The molecule has 1 amide bonds. The summed E-state index contributed by atoms with van der Waals surface area (Å²) in [4.78, 5) is 26.8. The molecule has 6 nitrogen and oxygen atoms in total. The van der Waals surface area contributed by atoms with Crippen molar-refractivity contribution >= 4 is 33.0 Å². The summed E-state index contributed by atoms with van der Waals surface area (Å²) in [6.45, 7) is 6.67. The third-order valence-corrected chi connectivity index (χ3v) is 7.26. The molecule has 174 valence electrons. The third-order valence-electron chi connectivity index (χ3n) is 6.04. The number of hydrogen-bond donors (Lipinski definition) is 1. The van der Waals surface area contributed by atoms with Gasteiger partial charge in [-0.15, -0.1) is 11.3 Å². The van der Waals surface area contributed by atoms with Gasteiger partial charge in [0.05, 0.1) is 10.2 Å². The van der Waals surface area contributed by atoms with Crippen LogP contribution in [0.5, 0.6) is 0 Å². The summed E-state index contributed by atoms with van der Waals surface area (Å²) in [6.07, 6.45) is 4.52. The molecule has 0 radical (unpaired) electrons. The fraction of sp³-hybridized carbons (Fsp3) is 0.423. The summed E-state index contributed by atoms with van der Waals surface area (Å²) >= 11 is 1.74. The zero-order valence-electron chi connectivity index (χ0n) is 19.6. The molecule has 1 atom stereocenters. The van der Waals surface area contributed by atoms with Crippen LogP contribution in [0.25, 0.3) is 15.7 Å². The number of benzene rings is 1. The molecule has 0 saturated carbocycles. The lowest BCUT2D eigenvalue weighted by Gasteiger charge is -2.14. The second-order valence-corrected chi connectivity index (χ2v) is 9.74. The van der Waals surface area contributed by atoms with Crippen LogP contribution in [0, 0.1) is 0 Å². The van der Waals surface area contributed by atoms with Crippen molar-refractivity contribution in [3.05, 3.63) is 69.1 Å². The number of nitrogens with one attached hydrogen (secondary N) is 1. The molecule has 1 unspecified atom stereocenters. The van der Waals surface area contributed by atoms with Crippen LogP contribution in [0.1, 0.15) is 56.3 Å². The van der Waals surface area contributed by atoms with Crippen LogP contribution >= 0.6 is 11.3 Å². The van der Waals surface area contributed by atoms with Gasteiger partial charge in [-0.05, 0) is 50.3 Å². The molecule has 4 aromatic rings. The smallest absolute Gasteiger partial charge is 0.291 e. The summed E-state index contributed by atoms with van der Waals surface area (Å²) in [5, 5.41) is 7.72. The number of aromatic nitrogens is 3. The van der Waals surface area contributed by atoms with E-state index in [4.69, 9.17) is 0 Å². The first-order valence-electron chi connectivity index (χ1n) is 11.9. The predicted octanol–water partition coefficient (Wildman–Crippen LogP) is 4.75. The number of aryl methyl sites for hydroxylation is 4. The fourth-order valence-electron chi connectivity index (χ4n) is 4.23.